The summed E-state index contributed by atoms with van der Waals surface area (Å²) in [5, 5.41) is 4.82. The summed E-state index contributed by atoms with van der Waals surface area (Å²) < 4.78 is 5.70. The standard InChI is InChI=1S/C14H24N2OS/c1-9-10(2)17-13(16-9)18-12-8-14(3,4)7-6-11(12)15-5/h11-12,15H,6-8H2,1-5H3. The Hall–Kier alpha value is -0.480. The lowest BCUT2D eigenvalue weighted by Gasteiger charge is -2.39. The predicted octanol–water partition coefficient (Wildman–Crippen LogP) is 3.55. The van der Waals surface area contributed by atoms with Gasteiger partial charge in [0.15, 0.2) is 0 Å². The fourth-order valence-electron chi connectivity index (χ4n) is 2.60. The second-order valence-corrected chi connectivity index (χ2v) is 7.27. The summed E-state index contributed by atoms with van der Waals surface area (Å²) in [6.45, 7) is 8.70. The van der Waals surface area contributed by atoms with Crippen LogP contribution in [0.3, 0.4) is 0 Å². The summed E-state index contributed by atoms with van der Waals surface area (Å²) >= 11 is 1.79. The fourth-order valence-corrected chi connectivity index (χ4v) is 4.19. The highest BCUT2D eigenvalue weighted by molar-refractivity contribution is 7.99. The van der Waals surface area contributed by atoms with Crippen molar-refractivity contribution in [1.29, 1.82) is 0 Å². The number of nitrogens with zero attached hydrogens (tertiary/aromatic N) is 1. The molecule has 1 aromatic rings. The van der Waals surface area contributed by atoms with E-state index in [1.54, 1.807) is 11.8 Å². The smallest absolute Gasteiger partial charge is 0.256 e. The minimum atomic E-state index is 0.432. The van der Waals surface area contributed by atoms with E-state index in [4.69, 9.17) is 4.42 Å². The molecule has 1 fully saturated rings. The van der Waals surface area contributed by atoms with Crippen LogP contribution < -0.4 is 5.32 Å². The lowest BCUT2D eigenvalue weighted by molar-refractivity contribution is 0.218. The van der Waals surface area contributed by atoms with Gasteiger partial charge in [-0.05, 0) is 45.6 Å². The molecular weight excluding hydrogens is 244 g/mol. The summed E-state index contributed by atoms with van der Waals surface area (Å²) in [4.78, 5) is 4.49. The van der Waals surface area contributed by atoms with E-state index >= 15 is 0 Å². The minimum absolute atomic E-state index is 0.432. The van der Waals surface area contributed by atoms with E-state index in [2.05, 4.69) is 31.2 Å². The third-order valence-electron chi connectivity index (χ3n) is 3.97. The van der Waals surface area contributed by atoms with Crippen LogP contribution in [-0.2, 0) is 0 Å². The molecule has 0 aliphatic heterocycles. The SMILES string of the molecule is CNC1CCC(C)(C)CC1Sc1nc(C)c(C)o1. The molecule has 1 aliphatic carbocycles. The summed E-state index contributed by atoms with van der Waals surface area (Å²) in [6, 6.07) is 0.565. The molecule has 1 aliphatic rings. The number of thioether (sulfide) groups is 1. The van der Waals surface area contributed by atoms with E-state index in [1.165, 1.54) is 19.3 Å². The molecule has 3 nitrogen and oxygen atoms in total. The van der Waals surface area contributed by atoms with E-state index < -0.39 is 0 Å². The average Bonchev–Trinajstić information content (AvgIpc) is 2.57. The van der Waals surface area contributed by atoms with Gasteiger partial charge in [-0.2, -0.15) is 0 Å². The highest BCUT2D eigenvalue weighted by Gasteiger charge is 2.35. The summed E-state index contributed by atoms with van der Waals surface area (Å²) in [7, 11) is 2.06. The van der Waals surface area contributed by atoms with Gasteiger partial charge in [0.2, 0.25) is 0 Å². The first-order valence-corrected chi connectivity index (χ1v) is 7.57. The summed E-state index contributed by atoms with van der Waals surface area (Å²) in [5.41, 5.74) is 1.44. The predicted molar refractivity (Wildman–Crippen MR) is 76.1 cm³/mol. The van der Waals surface area contributed by atoms with Crippen molar-refractivity contribution in [3.8, 4) is 0 Å². The van der Waals surface area contributed by atoms with Crippen molar-refractivity contribution in [3.63, 3.8) is 0 Å². The van der Waals surface area contributed by atoms with Gasteiger partial charge < -0.3 is 9.73 Å². The maximum Gasteiger partial charge on any atom is 0.256 e. The van der Waals surface area contributed by atoms with Crippen molar-refractivity contribution in [2.75, 3.05) is 7.05 Å². The van der Waals surface area contributed by atoms with Gasteiger partial charge in [0.1, 0.15) is 5.76 Å². The van der Waals surface area contributed by atoms with Gasteiger partial charge in [0.05, 0.1) is 5.69 Å². The Bertz CT molecular complexity index is 394. The molecule has 2 unspecified atom stereocenters. The molecule has 0 amide bonds. The van der Waals surface area contributed by atoms with Crippen LogP contribution in [-0.4, -0.2) is 23.3 Å². The third kappa shape index (κ3) is 3.09. The van der Waals surface area contributed by atoms with Gasteiger partial charge in [0, 0.05) is 11.3 Å². The topological polar surface area (TPSA) is 38.1 Å². The Labute approximate surface area is 114 Å². The molecule has 0 saturated heterocycles. The molecule has 1 saturated carbocycles. The lowest BCUT2D eigenvalue weighted by atomic mass is 9.75. The number of aryl methyl sites for hydroxylation is 2. The Balaban J connectivity index is 2.09. The largest absolute Gasteiger partial charge is 0.437 e. The van der Waals surface area contributed by atoms with E-state index in [1.807, 2.05) is 13.8 Å². The molecule has 1 heterocycles. The van der Waals surface area contributed by atoms with Crippen molar-refractivity contribution in [3.05, 3.63) is 11.5 Å². The van der Waals surface area contributed by atoms with Crippen LogP contribution in [0.5, 0.6) is 0 Å². The van der Waals surface area contributed by atoms with E-state index in [9.17, 15) is 0 Å². The van der Waals surface area contributed by atoms with Gasteiger partial charge in [0.25, 0.3) is 5.22 Å². The number of rotatable bonds is 3. The fraction of sp³-hybridized carbons (Fsp3) is 0.786. The molecular formula is C14H24N2OS. The molecule has 1 N–H and O–H groups in total. The van der Waals surface area contributed by atoms with Crippen molar-refractivity contribution in [1.82, 2.24) is 10.3 Å². The van der Waals surface area contributed by atoms with Gasteiger partial charge in [-0.15, -0.1) is 0 Å². The zero-order valence-electron chi connectivity index (χ0n) is 12.0. The van der Waals surface area contributed by atoms with E-state index in [-0.39, 0.29) is 0 Å². The number of oxazole rings is 1. The molecule has 1 aromatic heterocycles. The van der Waals surface area contributed by atoms with Gasteiger partial charge >= 0.3 is 0 Å². The molecule has 0 radical (unpaired) electrons. The molecule has 0 aromatic carbocycles. The number of nitrogens with one attached hydrogen (secondary N) is 1. The highest BCUT2D eigenvalue weighted by Crippen LogP contribution is 2.42. The Morgan fingerprint density at radius 2 is 2.11 bits per heavy atom. The van der Waals surface area contributed by atoms with Crippen LogP contribution in [0.25, 0.3) is 0 Å². The first kappa shape index (κ1) is 13.9. The van der Waals surface area contributed by atoms with E-state index in [0.717, 1.165) is 16.7 Å². The number of hydrogen-bond donors (Lipinski definition) is 1. The molecule has 2 atom stereocenters. The second-order valence-electron chi connectivity index (χ2n) is 6.08. The highest BCUT2D eigenvalue weighted by atomic mass is 32.2. The van der Waals surface area contributed by atoms with E-state index in [0.29, 0.717) is 16.7 Å². The van der Waals surface area contributed by atoms with Gasteiger partial charge in [-0.3, -0.25) is 0 Å². The Kier molecular flexibility index (Phi) is 4.07. The first-order chi connectivity index (χ1) is 8.41. The third-order valence-corrected chi connectivity index (χ3v) is 5.14. The molecule has 18 heavy (non-hydrogen) atoms. The normalized spacial score (nSPS) is 27.4. The molecule has 2 rings (SSSR count). The Morgan fingerprint density at radius 1 is 1.39 bits per heavy atom. The van der Waals surface area contributed by atoms with Crippen molar-refractivity contribution < 1.29 is 4.42 Å². The lowest BCUT2D eigenvalue weighted by Crippen LogP contribution is -2.43. The second kappa shape index (κ2) is 5.25. The monoisotopic (exact) mass is 268 g/mol. The number of hydrogen-bond acceptors (Lipinski definition) is 4. The van der Waals surface area contributed by atoms with Crippen molar-refractivity contribution in [2.45, 2.75) is 63.5 Å². The Morgan fingerprint density at radius 3 is 2.67 bits per heavy atom. The first-order valence-electron chi connectivity index (χ1n) is 6.69. The zero-order chi connectivity index (χ0) is 13.3. The minimum Gasteiger partial charge on any atom is -0.437 e. The van der Waals surface area contributed by atoms with Crippen LogP contribution in [0.4, 0.5) is 0 Å². The zero-order valence-corrected chi connectivity index (χ0v) is 12.9. The van der Waals surface area contributed by atoms with Crippen LogP contribution in [0.15, 0.2) is 9.64 Å². The molecule has 0 spiro atoms. The van der Waals surface area contributed by atoms with Gasteiger partial charge in [-0.25, -0.2) is 4.98 Å². The van der Waals surface area contributed by atoms with Crippen LogP contribution in [0.1, 0.15) is 44.6 Å². The quantitative estimate of drug-likeness (QED) is 0.910. The summed E-state index contributed by atoms with van der Waals surface area (Å²) in [6.07, 6.45) is 3.74. The maximum atomic E-state index is 5.70. The molecule has 4 heteroatoms. The average molecular weight is 268 g/mol. The number of aromatic nitrogens is 1. The molecule has 0 bridgehead atoms. The van der Waals surface area contributed by atoms with Crippen molar-refractivity contribution >= 4 is 11.8 Å². The molecule has 102 valence electrons. The van der Waals surface area contributed by atoms with Crippen molar-refractivity contribution in [2.24, 2.45) is 5.41 Å². The van der Waals surface area contributed by atoms with Gasteiger partial charge in [-0.1, -0.05) is 25.6 Å². The summed E-state index contributed by atoms with van der Waals surface area (Å²) in [5.74, 6) is 0.938. The maximum absolute atomic E-state index is 5.70. The van der Waals surface area contributed by atoms with Crippen LogP contribution >= 0.6 is 11.8 Å². The van der Waals surface area contributed by atoms with Crippen LogP contribution in [0, 0.1) is 19.3 Å². The van der Waals surface area contributed by atoms with Crippen LogP contribution in [0.2, 0.25) is 0 Å².